The molecular formula is C32H45N3O3. The van der Waals surface area contributed by atoms with Crippen molar-refractivity contribution in [2.45, 2.75) is 83.7 Å². The first kappa shape index (κ1) is 28.2. The Morgan fingerprint density at radius 1 is 0.974 bits per heavy atom. The lowest BCUT2D eigenvalue weighted by molar-refractivity contribution is -0.116. The van der Waals surface area contributed by atoms with Crippen LogP contribution < -0.4 is 15.5 Å². The van der Waals surface area contributed by atoms with Crippen LogP contribution in [0.25, 0.3) is 0 Å². The van der Waals surface area contributed by atoms with Gasteiger partial charge in [0.15, 0.2) is 0 Å². The van der Waals surface area contributed by atoms with E-state index >= 15 is 0 Å². The van der Waals surface area contributed by atoms with Crippen molar-refractivity contribution in [2.75, 3.05) is 36.5 Å². The molecule has 2 amide bonds. The number of unbranched alkanes of at least 4 members (excludes halogenated alkanes) is 4. The zero-order valence-electron chi connectivity index (χ0n) is 23.1. The Kier molecular flexibility index (Phi) is 11.1. The first-order valence-corrected chi connectivity index (χ1v) is 14.7. The van der Waals surface area contributed by atoms with Gasteiger partial charge in [0.25, 0.3) is 5.91 Å². The molecule has 0 aliphatic carbocycles. The normalized spacial score (nSPS) is 17.9. The summed E-state index contributed by atoms with van der Waals surface area (Å²) in [6, 6.07) is 16.5. The van der Waals surface area contributed by atoms with Gasteiger partial charge in [-0.3, -0.25) is 9.59 Å². The largest absolute Gasteiger partial charge is 0.376 e. The molecule has 1 unspecified atom stereocenters. The van der Waals surface area contributed by atoms with E-state index in [1.165, 1.54) is 24.8 Å². The SMILES string of the molecule is CCCCCCCC(=O)Nc1ccc(N2CCC(Cc3ccccc3)CC2)c(C(=O)NCC2CCCO2)c1. The van der Waals surface area contributed by atoms with Crippen LogP contribution in [-0.2, 0) is 16.0 Å². The maximum absolute atomic E-state index is 13.4. The van der Waals surface area contributed by atoms with Crippen molar-refractivity contribution in [3.05, 3.63) is 59.7 Å². The Hall–Kier alpha value is -2.86. The number of rotatable bonds is 13. The number of ether oxygens (including phenoxy) is 1. The molecule has 2 aromatic rings. The molecule has 38 heavy (non-hydrogen) atoms. The summed E-state index contributed by atoms with van der Waals surface area (Å²) in [7, 11) is 0. The van der Waals surface area contributed by atoms with Gasteiger partial charge in [-0.2, -0.15) is 0 Å². The van der Waals surface area contributed by atoms with E-state index in [1.807, 2.05) is 18.2 Å². The monoisotopic (exact) mass is 519 g/mol. The number of amides is 2. The van der Waals surface area contributed by atoms with Crippen LogP contribution in [0.2, 0.25) is 0 Å². The maximum Gasteiger partial charge on any atom is 0.253 e. The van der Waals surface area contributed by atoms with Crippen molar-refractivity contribution in [1.29, 1.82) is 0 Å². The summed E-state index contributed by atoms with van der Waals surface area (Å²) >= 11 is 0. The molecule has 6 heteroatoms. The number of anilines is 2. The predicted molar refractivity (Wildman–Crippen MR) is 155 cm³/mol. The van der Waals surface area contributed by atoms with Crippen LogP contribution in [0.4, 0.5) is 11.4 Å². The molecule has 206 valence electrons. The van der Waals surface area contributed by atoms with E-state index in [2.05, 4.69) is 52.8 Å². The molecule has 2 aliphatic heterocycles. The minimum atomic E-state index is -0.0995. The Bertz CT molecular complexity index is 1010. The van der Waals surface area contributed by atoms with E-state index in [0.717, 1.165) is 70.3 Å². The summed E-state index contributed by atoms with van der Waals surface area (Å²) in [6.45, 7) is 5.33. The maximum atomic E-state index is 13.4. The topological polar surface area (TPSA) is 70.7 Å². The predicted octanol–water partition coefficient (Wildman–Crippen LogP) is 6.35. The minimum absolute atomic E-state index is 0.0155. The third kappa shape index (κ3) is 8.59. The number of benzene rings is 2. The van der Waals surface area contributed by atoms with Gasteiger partial charge in [-0.15, -0.1) is 0 Å². The van der Waals surface area contributed by atoms with E-state index in [0.29, 0.717) is 30.1 Å². The standard InChI is InChI=1S/C32H45N3O3/c1-2-3-4-5-9-14-31(36)34-27-15-16-30(29(23-27)32(37)33-24-28-13-10-21-38-28)35-19-17-26(18-20-35)22-25-11-7-6-8-12-25/h6-8,11-12,15-16,23,26,28H,2-5,9-10,13-14,17-22,24H2,1H3,(H,33,37)(H,34,36). The average Bonchev–Trinajstić information content (AvgIpc) is 3.46. The van der Waals surface area contributed by atoms with Gasteiger partial charge >= 0.3 is 0 Å². The van der Waals surface area contributed by atoms with E-state index < -0.39 is 0 Å². The third-order valence-electron chi connectivity index (χ3n) is 7.87. The summed E-state index contributed by atoms with van der Waals surface area (Å²) in [6.07, 6.45) is 11.5. The second kappa shape index (κ2) is 14.9. The summed E-state index contributed by atoms with van der Waals surface area (Å²) < 4.78 is 5.70. The lowest BCUT2D eigenvalue weighted by atomic mass is 9.89. The Balaban J connectivity index is 1.39. The molecule has 2 saturated heterocycles. The van der Waals surface area contributed by atoms with Crippen molar-refractivity contribution >= 4 is 23.2 Å². The van der Waals surface area contributed by atoms with Crippen LogP contribution in [0, 0.1) is 5.92 Å². The van der Waals surface area contributed by atoms with Gasteiger partial charge in [-0.05, 0) is 68.2 Å². The molecule has 2 fully saturated rings. The molecular weight excluding hydrogens is 474 g/mol. The number of nitrogens with zero attached hydrogens (tertiary/aromatic N) is 1. The molecule has 0 aromatic heterocycles. The van der Waals surface area contributed by atoms with Crippen molar-refractivity contribution in [3.63, 3.8) is 0 Å². The van der Waals surface area contributed by atoms with E-state index in [9.17, 15) is 9.59 Å². The molecule has 2 aromatic carbocycles. The zero-order valence-corrected chi connectivity index (χ0v) is 23.1. The smallest absolute Gasteiger partial charge is 0.253 e. The lowest BCUT2D eigenvalue weighted by Gasteiger charge is -2.35. The average molecular weight is 520 g/mol. The van der Waals surface area contributed by atoms with Crippen molar-refractivity contribution in [3.8, 4) is 0 Å². The highest BCUT2D eigenvalue weighted by Crippen LogP contribution is 2.30. The number of hydrogen-bond acceptors (Lipinski definition) is 4. The van der Waals surface area contributed by atoms with Crippen LogP contribution in [0.5, 0.6) is 0 Å². The number of hydrogen-bond donors (Lipinski definition) is 2. The van der Waals surface area contributed by atoms with Crippen molar-refractivity contribution in [2.24, 2.45) is 5.92 Å². The van der Waals surface area contributed by atoms with Crippen LogP contribution in [0.15, 0.2) is 48.5 Å². The van der Waals surface area contributed by atoms with Gasteiger partial charge < -0.3 is 20.3 Å². The lowest BCUT2D eigenvalue weighted by Crippen LogP contribution is -2.37. The molecule has 2 aliphatic rings. The zero-order chi connectivity index (χ0) is 26.6. The highest BCUT2D eigenvalue weighted by atomic mass is 16.5. The fourth-order valence-electron chi connectivity index (χ4n) is 5.62. The first-order chi connectivity index (χ1) is 18.6. The molecule has 0 radical (unpaired) electrons. The summed E-state index contributed by atoms with van der Waals surface area (Å²) in [4.78, 5) is 28.3. The summed E-state index contributed by atoms with van der Waals surface area (Å²) in [5, 5.41) is 6.12. The second-order valence-corrected chi connectivity index (χ2v) is 10.9. The highest BCUT2D eigenvalue weighted by molar-refractivity contribution is 6.02. The molecule has 6 nitrogen and oxygen atoms in total. The molecule has 2 heterocycles. The molecule has 0 spiro atoms. The van der Waals surface area contributed by atoms with E-state index in [-0.39, 0.29) is 17.9 Å². The van der Waals surface area contributed by atoms with E-state index in [4.69, 9.17) is 4.74 Å². The molecule has 1 atom stereocenters. The quantitative estimate of drug-likeness (QED) is 0.302. The number of carbonyl (C=O) groups excluding carboxylic acids is 2. The number of nitrogens with one attached hydrogen (secondary N) is 2. The van der Waals surface area contributed by atoms with Gasteiger partial charge in [-0.1, -0.05) is 62.9 Å². The Labute approximate surface area is 228 Å². The van der Waals surface area contributed by atoms with Crippen molar-refractivity contribution in [1.82, 2.24) is 5.32 Å². The Morgan fingerprint density at radius 2 is 1.76 bits per heavy atom. The summed E-state index contributed by atoms with van der Waals surface area (Å²) in [5.41, 5.74) is 3.66. The van der Waals surface area contributed by atoms with Crippen LogP contribution in [0.3, 0.4) is 0 Å². The number of carbonyl (C=O) groups is 2. The first-order valence-electron chi connectivity index (χ1n) is 14.7. The summed E-state index contributed by atoms with van der Waals surface area (Å²) in [5.74, 6) is 0.570. The molecule has 2 N–H and O–H groups in total. The molecule has 0 saturated carbocycles. The highest BCUT2D eigenvalue weighted by Gasteiger charge is 2.25. The molecule has 4 rings (SSSR count). The van der Waals surface area contributed by atoms with Gasteiger partial charge in [0.2, 0.25) is 5.91 Å². The second-order valence-electron chi connectivity index (χ2n) is 10.9. The number of piperidine rings is 1. The fourth-order valence-corrected chi connectivity index (χ4v) is 5.62. The van der Waals surface area contributed by atoms with Gasteiger partial charge in [0.05, 0.1) is 11.7 Å². The van der Waals surface area contributed by atoms with Crippen LogP contribution in [0.1, 0.15) is 87.1 Å². The Morgan fingerprint density at radius 3 is 2.50 bits per heavy atom. The van der Waals surface area contributed by atoms with E-state index in [1.54, 1.807) is 0 Å². The van der Waals surface area contributed by atoms with Gasteiger partial charge in [-0.25, -0.2) is 0 Å². The minimum Gasteiger partial charge on any atom is -0.376 e. The fraction of sp³-hybridized carbons (Fsp3) is 0.562. The van der Waals surface area contributed by atoms with Gasteiger partial charge in [0.1, 0.15) is 0 Å². The van der Waals surface area contributed by atoms with Crippen LogP contribution in [-0.4, -0.2) is 44.2 Å². The van der Waals surface area contributed by atoms with Gasteiger partial charge in [0, 0.05) is 44.0 Å². The van der Waals surface area contributed by atoms with Crippen LogP contribution >= 0.6 is 0 Å². The third-order valence-corrected chi connectivity index (χ3v) is 7.87. The van der Waals surface area contributed by atoms with Crippen molar-refractivity contribution < 1.29 is 14.3 Å². The molecule has 0 bridgehead atoms.